The van der Waals surface area contributed by atoms with Crippen molar-refractivity contribution >= 4 is 0 Å². The fourth-order valence-corrected chi connectivity index (χ4v) is 2.76. The Morgan fingerprint density at radius 2 is 2.11 bits per heavy atom. The van der Waals surface area contributed by atoms with Crippen molar-refractivity contribution in [3.05, 3.63) is 23.7 Å². The summed E-state index contributed by atoms with van der Waals surface area (Å²) in [5.41, 5.74) is 5.56. The molecular weight excluding hydrogens is 240 g/mol. The molecule has 0 radical (unpaired) electrons. The van der Waals surface area contributed by atoms with Crippen LogP contribution in [0.4, 0.5) is 0 Å². The molecule has 0 bridgehead atoms. The molecule has 5 nitrogen and oxygen atoms in total. The van der Waals surface area contributed by atoms with E-state index in [1.54, 1.807) is 0 Å². The third-order valence-corrected chi connectivity index (χ3v) is 3.83. The number of furan rings is 1. The lowest BCUT2D eigenvalue weighted by Crippen LogP contribution is -2.06. The van der Waals surface area contributed by atoms with Gasteiger partial charge in [0.25, 0.3) is 0 Å². The average Bonchev–Trinajstić information content (AvgIpc) is 3.06. The summed E-state index contributed by atoms with van der Waals surface area (Å²) < 4.78 is 7.46. The molecule has 1 fully saturated rings. The quantitative estimate of drug-likeness (QED) is 0.920. The summed E-state index contributed by atoms with van der Waals surface area (Å²) in [6.07, 6.45) is 6.33. The fourth-order valence-electron chi connectivity index (χ4n) is 2.76. The fraction of sp³-hybridized carbons (Fsp3) is 0.571. The largest absolute Gasteiger partial charge is 0.456 e. The summed E-state index contributed by atoms with van der Waals surface area (Å²) in [6, 6.07) is 3.81. The molecule has 0 spiro atoms. The zero-order valence-corrected chi connectivity index (χ0v) is 11.3. The number of aryl methyl sites for hydroxylation is 1. The summed E-state index contributed by atoms with van der Waals surface area (Å²) in [6.45, 7) is 0.410. The predicted octanol–water partition coefficient (Wildman–Crippen LogP) is 2.58. The SMILES string of the molecule is Cn1nc(C2CCCCC2)nc1-c1ccc(CN)o1. The Morgan fingerprint density at radius 3 is 2.79 bits per heavy atom. The summed E-state index contributed by atoms with van der Waals surface area (Å²) in [5.74, 6) is 3.79. The van der Waals surface area contributed by atoms with E-state index in [4.69, 9.17) is 10.2 Å². The van der Waals surface area contributed by atoms with Crippen LogP contribution in [0.5, 0.6) is 0 Å². The lowest BCUT2D eigenvalue weighted by molar-refractivity contribution is 0.427. The summed E-state index contributed by atoms with van der Waals surface area (Å²) in [5, 5.41) is 4.56. The van der Waals surface area contributed by atoms with Gasteiger partial charge in [-0.25, -0.2) is 9.67 Å². The number of rotatable bonds is 3. The van der Waals surface area contributed by atoms with E-state index in [-0.39, 0.29) is 0 Å². The van der Waals surface area contributed by atoms with Crippen LogP contribution < -0.4 is 5.73 Å². The highest BCUT2D eigenvalue weighted by atomic mass is 16.3. The van der Waals surface area contributed by atoms with Gasteiger partial charge >= 0.3 is 0 Å². The Balaban J connectivity index is 1.88. The van der Waals surface area contributed by atoms with Gasteiger partial charge in [0.1, 0.15) is 5.76 Å². The van der Waals surface area contributed by atoms with Gasteiger partial charge in [0.05, 0.1) is 6.54 Å². The van der Waals surface area contributed by atoms with Gasteiger partial charge in [0.2, 0.25) is 0 Å². The molecule has 0 unspecified atom stereocenters. The molecule has 0 saturated heterocycles. The van der Waals surface area contributed by atoms with E-state index in [1.807, 2.05) is 23.9 Å². The van der Waals surface area contributed by atoms with Gasteiger partial charge in [-0.15, -0.1) is 0 Å². The molecule has 0 aromatic carbocycles. The highest BCUT2D eigenvalue weighted by Gasteiger charge is 2.22. The lowest BCUT2D eigenvalue weighted by Gasteiger charge is -2.18. The normalized spacial score (nSPS) is 16.9. The molecule has 2 aromatic rings. The van der Waals surface area contributed by atoms with Crippen LogP contribution in [0, 0.1) is 0 Å². The molecule has 1 aliphatic rings. The third-order valence-electron chi connectivity index (χ3n) is 3.83. The van der Waals surface area contributed by atoms with E-state index in [2.05, 4.69) is 10.1 Å². The minimum Gasteiger partial charge on any atom is -0.456 e. The molecule has 5 heteroatoms. The van der Waals surface area contributed by atoms with Gasteiger partial charge in [-0.3, -0.25) is 0 Å². The first-order chi connectivity index (χ1) is 9.28. The topological polar surface area (TPSA) is 69.9 Å². The Hall–Kier alpha value is -1.62. The van der Waals surface area contributed by atoms with Crippen molar-refractivity contribution < 1.29 is 4.42 Å². The first kappa shape index (κ1) is 12.4. The van der Waals surface area contributed by atoms with Gasteiger partial charge in [-0.2, -0.15) is 5.10 Å². The number of nitrogens with zero attached hydrogens (tertiary/aromatic N) is 3. The van der Waals surface area contributed by atoms with Crippen LogP contribution in [0.25, 0.3) is 11.6 Å². The average molecular weight is 260 g/mol. The number of nitrogens with two attached hydrogens (primary N) is 1. The second kappa shape index (κ2) is 5.17. The second-order valence-corrected chi connectivity index (χ2v) is 5.22. The molecule has 2 N–H and O–H groups in total. The smallest absolute Gasteiger partial charge is 0.194 e. The van der Waals surface area contributed by atoms with Crippen molar-refractivity contribution in [1.82, 2.24) is 14.8 Å². The number of hydrogen-bond donors (Lipinski definition) is 1. The maximum Gasteiger partial charge on any atom is 0.194 e. The van der Waals surface area contributed by atoms with Crippen LogP contribution in [0.1, 0.15) is 49.6 Å². The molecule has 0 atom stereocenters. The molecular formula is C14H20N4O. The molecule has 2 heterocycles. The highest BCUT2D eigenvalue weighted by molar-refractivity contribution is 5.47. The molecule has 1 saturated carbocycles. The zero-order valence-electron chi connectivity index (χ0n) is 11.3. The lowest BCUT2D eigenvalue weighted by atomic mass is 9.89. The van der Waals surface area contributed by atoms with Gasteiger partial charge in [0, 0.05) is 13.0 Å². The maximum atomic E-state index is 5.65. The minimum absolute atomic E-state index is 0.410. The summed E-state index contributed by atoms with van der Waals surface area (Å²) in [7, 11) is 1.92. The van der Waals surface area contributed by atoms with E-state index in [0.29, 0.717) is 12.5 Å². The molecule has 0 amide bonds. The molecule has 19 heavy (non-hydrogen) atoms. The summed E-state index contributed by atoms with van der Waals surface area (Å²) in [4.78, 5) is 4.67. The van der Waals surface area contributed by atoms with E-state index >= 15 is 0 Å². The molecule has 102 valence electrons. The van der Waals surface area contributed by atoms with Crippen molar-refractivity contribution in [3.8, 4) is 11.6 Å². The first-order valence-electron chi connectivity index (χ1n) is 6.98. The van der Waals surface area contributed by atoms with Gasteiger partial charge < -0.3 is 10.2 Å². The minimum atomic E-state index is 0.410. The molecule has 1 aliphatic carbocycles. The highest BCUT2D eigenvalue weighted by Crippen LogP contribution is 2.32. The van der Waals surface area contributed by atoms with E-state index in [9.17, 15) is 0 Å². The zero-order chi connectivity index (χ0) is 13.2. The van der Waals surface area contributed by atoms with Crippen molar-refractivity contribution in [3.63, 3.8) is 0 Å². The van der Waals surface area contributed by atoms with Crippen molar-refractivity contribution in [1.29, 1.82) is 0 Å². The molecule has 3 rings (SSSR count). The van der Waals surface area contributed by atoms with Crippen molar-refractivity contribution in [2.75, 3.05) is 0 Å². The van der Waals surface area contributed by atoms with Gasteiger partial charge in [-0.1, -0.05) is 19.3 Å². The van der Waals surface area contributed by atoms with Gasteiger partial charge in [0.15, 0.2) is 17.4 Å². The Kier molecular flexibility index (Phi) is 3.38. The maximum absolute atomic E-state index is 5.65. The van der Waals surface area contributed by atoms with E-state index < -0.39 is 0 Å². The Morgan fingerprint density at radius 1 is 1.32 bits per heavy atom. The standard InChI is InChI=1S/C14H20N4O/c1-18-14(12-8-7-11(9-15)19-12)16-13(17-18)10-5-3-2-4-6-10/h7-8,10H,2-6,9,15H2,1H3. The van der Waals surface area contributed by atoms with Crippen LogP contribution in [-0.4, -0.2) is 14.8 Å². The monoisotopic (exact) mass is 260 g/mol. The van der Waals surface area contributed by atoms with E-state index in [0.717, 1.165) is 23.2 Å². The van der Waals surface area contributed by atoms with Crippen LogP contribution in [0.3, 0.4) is 0 Å². The van der Waals surface area contributed by atoms with Crippen LogP contribution in [0.2, 0.25) is 0 Å². The van der Waals surface area contributed by atoms with E-state index in [1.165, 1.54) is 32.1 Å². The second-order valence-electron chi connectivity index (χ2n) is 5.22. The molecule has 0 aliphatic heterocycles. The Bertz CT molecular complexity index is 552. The number of hydrogen-bond acceptors (Lipinski definition) is 4. The van der Waals surface area contributed by atoms with Crippen LogP contribution in [-0.2, 0) is 13.6 Å². The van der Waals surface area contributed by atoms with Crippen molar-refractivity contribution in [2.24, 2.45) is 12.8 Å². The third kappa shape index (κ3) is 2.42. The molecule has 2 aromatic heterocycles. The van der Waals surface area contributed by atoms with Gasteiger partial charge in [-0.05, 0) is 25.0 Å². The van der Waals surface area contributed by atoms with Crippen LogP contribution >= 0.6 is 0 Å². The van der Waals surface area contributed by atoms with Crippen LogP contribution in [0.15, 0.2) is 16.5 Å². The summed E-state index contributed by atoms with van der Waals surface area (Å²) >= 11 is 0. The van der Waals surface area contributed by atoms with Crippen molar-refractivity contribution in [2.45, 2.75) is 44.6 Å². The predicted molar refractivity (Wildman–Crippen MR) is 72.4 cm³/mol. The number of aromatic nitrogens is 3. The Labute approximate surface area is 112 Å². The first-order valence-corrected chi connectivity index (χ1v) is 6.98.